The summed E-state index contributed by atoms with van der Waals surface area (Å²) >= 11 is 0. The maximum absolute atomic E-state index is 6.61. The van der Waals surface area contributed by atoms with E-state index in [2.05, 4.69) is 30.3 Å². The summed E-state index contributed by atoms with van der Waals surface area (Å²) in [6.45, 7) is 1.58. The van der Waals surface area contributed by atoms with Crippen LogP contribution >= 0.6 is 0 Å². The highest BCUT2D eigenvalue weighted by atomic mass is 16.7. The lowest BCUT2D eigenvalue weighted by molar-refractivity contribution is -0.245. The molecule has 2 aliphatic carbocycles. The van der Waals surface area contributed by atoms with Gasteiger partial charge in [0.1, 0.15) is 0 Å². The van der Waals surface area contributed by atoms with Crippen LogP contribution in [0.1, 0.15) is 76.2 Å². The Hall–Kier alpha value is -0.900. The van der Waals surface area contributed by atoms with Gasteiger partial charge in [-0.25, -0.2) is 0 Å². The first-order valence-electron chi connectivity index (χ1n) is 10.8. The van der Waals surface area contributed by atoms with Crippen molar-refractivity contribution in [3.05, 3.63) is 35.9 Å². The van der Waals surface area contributed by atoms with Gasteiger partial charge in [0.05, 0.1) is 18.8 Å². The lowest BCUT2D eigenvalue weighted by Gasteiger charge is -2.51. The fraction of sp³-hybridized carbons (Fsp3) is 0.739. The molecule has 0 bridgehead atoms. The van der Waals surface area contributed by atoms with Crippen LogP contribution in [-0.4, -0.2) is 25.1 Å². The third kappa shape index (κ3) is 4.16. The molecule has 3 fully saturated rings. The Kier molecular flexibility index (Phi) is 6.29. The molecule has 3 heteroatoms. The fourth-order valence-electron chi connectivity index (χ4n) is 5.34. The quantitative estimate of drug-likeness (QED) is 0.684. The van der Waals surface area contributed by atoms with Crippen molar-refractivity contribution in [3.8, 4) is 0 Å². The second-order valence-electron chi connectivity index (χ2n) is 8.43. The topological polar surface area (TPSA) is 27.7 Å². The summed E-state index contributed by atoms with van der Waals surface area (Å²) in [6, 6.07) is 10.6. The predicted molar refractivity (Wildman–Crippen MR) is 103 cm³/mol. The Labute approximate surface area is 158 Å². The standard InChI is InChI=1S/C23H34O3/c1-2-10-19(11-3-1)18-25-20-12-4-7-15-23(20)16-8-5-13-21(23)26-22-14-6-9-17-24-22/h1-3,10-11,20-22H,4-9,12-18H2/t20-,21-,22?,23-/m0/s1. The van der Waals surface area contributed by atoms with Crippen molar-refractivity contribution in [1.82, 2.24) is 0 Å². The maximum Gasteiger partial charge on any atom is 0.157 e. The molecule has 0 aromatic heterocycles. The van der Waals surface area contributed by atoms with Gasteiger partial charge in [0, 0.05) is 12.0 Å². The van der Waals surface area contributed by atoms with E-state index in [0.717, 1.165) is 19.6 Å². The molecule has 1 aliphatic heterocycles. The van der Waals surface area contributed by atoms with Crippen LogP contribution < -0.4 is 0 Å². The summed E-state index contributed by atoms with van der Waals surface area (Å²) in [5.74, 6) is 0. The maximum atomic E-state index is 6.61. The van der Waals surface area contributed by atoms with Crippen molar-refractivity contribution in [1.29, 1.82) is 0 Å². The third-order valence-corrected chi connectivity index (χ3v) is 6.75. The van der Waals surface area contributed by atoms with Crippen LogP contribution in [0.25, 0.3) is 0 Å². The number of ether oxygens (including phenoxy) is 3. The van der Waals surface area contributed by atoms with Gasteiger partial charge in [-0.2, -0.15) is 0 Å². The SMILES string of the molecule is c1ccc(CO[C@H]2CCCC[C@]23CCCC[C@@H]3OC2CCCCO2)cc1. The smallest absolute Gasteiger partial charge is 0.157 e. The van der Waals surface area contributed by atoms with Crippen molar-refractivity contribution in [2.24, 2.45) is 5.41 Å². The van der Waals surface area contributed by atoms with Crippen LogP contribution in [-0.2, 0) is 20.8 Å². The van der Waals surface area contributed by atoms with Gasteiger partial charge in [-0.05, 0) is 50.5 Å². The summed E-state index contributed by atoms with van der Waals surface area (Å²) in [5, 5.41) is 0. The van der Waals surface area contributed by atoms with Gasteiger partial charge in [0.25, 0.3) is 0 Å². The van der Waals surface area contributed by atoms with E-state index in [1.807, 2.05) is 0 Å². The van der Waals surface area contributed by atoms with Crippen LogP contribution in [0.5, 0.6) is 0 Å². The molecular formula is C23H34O3. The average molecular weight is 359 g/mol. The molecule has 26 heavy (non-hydrogen) atoms. The van der Waals surface area contributed by atoms with Crippen LogP contribution in [0.4, 0.5) is 0 Å². The minimum Gasteiger partial charge on any atom is -0.373 e. The van der Waals surface area contributed by atoms with Crippen LogP contribution in [0.3, 0.4) is 0 Å². The third-order valence-electron chi connectivity index (χ3n) is 6.75. The molecule has 3 nitrogen and oxygen atoms in total. The van der Waals surface area contributed by atoms with Crippen molar-refractivity contribution in [2.45, 2.75) is 95.7 Å². The van der Waals surface area contributed by atoms with E-state index in [4.69, 9.17) is 14.2 Å². The summed E-state index contributed by atoms with van der Waals surface area (Å²) in [7, 11) is 0. The lowest BCUT2D eigenvalue weighted by Crippen LogP contribution is -2.52. The molecule has 1 saturated heterocycles. The second kappa shape index (κ2) is 8.86. The van der Waals surface area contributed by atoms with E-state index >= 15 is 0 Å². The van der Waals surface area contributed by atoms with E-state index < -0.39 is 0 Å². The van der Waals surface area contributed by atoms with Gasteiger partial charge in [-0.3, -0.25) is 0 Å². The van der Waals surface area contributed by atoms with Crippen LogP contribution in [0.15, 0.2) is 30.3 Å². The fourth-order valence-corrected chi connectivity index (χ4v) is 5.34. The zero-order chi connectivity index (χ0) is 17.7. The zero-order valence-corrected chi connectivity index (χ0v) is 16.0. The van der Waals surface area contributed by atoms with Gasteiger partial charge in [-0.1, -0.05) is 56.0 Å². The summed E-state index contributed by atoms with van der Waals surface area (Å²) < 4.78 is 19.1. The van der Waals surface area contributed by atoms with Crippen molar-refractivity contribution in [2.75, 3.05) is 6.61 Å². The van der Waals surface area contributed by atoms with Gasteiger partial charge in [0.2, 0.25) is 0 Å². The predicted octanol–water partition coefficient (Wildman–Crippen LogP) is 5.62. The molecule has 0 N–H and O–H groups in total. The molecular weight excluding hydrogens is 324 g/mol. The average Bonchev–Trinajstić information content (AvgIpc) is 2.71. The molecule has 0 radical (unpaired) electrons. The molecule has 1 aromatic rings. The van der Waals surface area contributed by atoms with Crippen molar-refractivity contribution < 1.29 is 14.2 Å². The van der Waals surface area contributed by atoms with Crippen molar-refractivity contribution >= 4 is 0 Å². The first kappa shape index (κ1) is 18.5. The van der Waals surface area contributed by atoms with E-state index in [0.29, 0.717) is 12.2 Å². The molecule has 4 rings (SSSR count). The first-order chi connectivity index (χ1) is 12.9. The largest absolute Gasteiger partial charge is 0.373 e. The van der Waals surface area contributed by atoms with E-state index in [-0.39, 0.29) is 11.7 Å². The normalized spacial score (nSPS) is 35.5. The van der Waals surface area contributed by atoms with E-state index in [1.54, 1.807) is 0 Å². The number of benzene rings is 1. The zero-order valence-electron chi connectivity index (χ0n) is 16.0. The molecule has 3 aliphatic rings. The van der Waals surface area contributed by atoms with Crippen molar-refractivity contribution in [3.63, 3.8) is 0 Å². The number of hydrogen-bond acceptors (Lipinski definition) is 3. The van der Waals surface area contributed by atoms with Crippen LogP contribution in [0.2, 0.25) is 0 Å². The number of rotatable bonds is 5. The lowest BCUT2D eigenvalue weighted by atomic mass is 9.61. The van der Waals surface area contributed by atoms with E-state index in [9.17, 15) is 0 Å². The molecule has 1 spiro atoms. The Balaban J connectivity index is 1.46. The molecule has 1 unspecified atom stereocenters. The number of hydrogen-bond donors (Lipinski definition) is 0. The molecule has 1 heterocycles. The van der Waals surface area contributed by atoms with Gasteiger partial charge in [-0.15, -0.1) is 0 Å². The Morgan fingerprint density at radius 1 is 0.846 bits per heavy atom. The Bertz CT molecular complexity index is 534. The highest BCUT2D eigenvalue weighted by Crippen LogP contribution is 2.51. The molecule has 0 amide bonds. The van der Waals surface area contributed by atoms with Gasteiger partial charge >= 0.3 is 0 Å². The molecule has 2 saturated carbocycles. The van der Waals surface area contributed by atoms with Gasteiger partial charge in [0.15, 0.2) is 6.29 Å². The van der Waals surface area contributed by atoms with Gasteiger partial charge < -0.3 is 14.2 Å². The van der Waals surface area contributed by atoms with Crippen LogP contribution in [0, 0.1) is 5.41 Å². The minimum absolute atomic E-state index is 0.0143. The molecule has 4 atom stereocenters. The second-order valence-corrected chi connectivity index (χ2v) is 8.43. The Morgan fingerprint density at radius 3 is 2.31 bits per heavy atom. The monoisotopic (exact) mass is 358 g/mol. The summed E-state index contributed by atoms with van der Waals surface area (Å²) in [6.07, 6.45) is 14.2. The molecule has 144 valence electrons. The van der Waals surface area contributed by atoms with E-state index in [1.165, 1.54) is 69.8 Å². The summed E-state index contributed by atoms with van der Waals surface area (Å²) in [4.78, 5) is 0. The highest BCUT2D eigenvalue weighted by molar-refractivity contribution is 5.13. The molecule has 1 aromatic carbocycles. The Morgan fingerprint density at radius 2 is 1.58 bits per heavy atom. The minimum atomic E-state index is 0.0143. The highest BCUT2D eigenvalue weighted by Gasteiger charge is 2.50. The summed E-state index contributed by atoms with van der Waals surface area (Å²) in [5.41, 5.74) is 1.48. The first-order valence-corrected chi connectivity index (χ1v) is 10.8.